The molecule has 8 heteroatoms. The van der Waals surface area contributed by atoms with E-state index in [1.807, 2.05) is 0 Å². The molecule has 0 amide bonds. The third kappa shape index (κ3) is 13.3. The van der Waals surface area contributed by atoms with Crippen LogP contribution in [0.2, 0.25) is 0 Å². The molecule has 0 rings (SSSR count). The van der Waals surface area contributed by atoms with E-state index in [0.29, 0.717) is 13.2 Å². The van der Waals surface area contributed by atoms with Crippen LogP contribution in [0.5, 0.6) is 0 Å². The summed E-state index contributed by atoms with van der Waals surface area (Å²) in [7, 11) is 0. The van der Waals surface area contributed by atoms with Gasteiger partial charge in [0.2, 0.25) is 0 Å². The fourth-order valence-corrected chi connectivity index (χ4v) is 2.54. The first kappa shape index (κ1) is 28.1. The number of rotatable bonds is 18. The molecule has 0 aromatic carbocycles. The fraction of sp³-hybridized carbons (Fsp3) is 0.773. The fourth-order valence-electron chi connectivity index (χ4n) is 2.54. The Morgan fingerprint density at radius 1 is 0.767 bits per heavy atom. The minimum Gasteiger partial charge on any atom is -0.465 e. The summed E-state index contributed by atoms with van der Waals surface area (Å²) in [5.41, 5.74) is -0.0853. The summed E-state index contributed by atoms with van der Waals surface area (Å²) in [5.74, 6) is -2.60. The second-order valence-electron chi connectivity index (χ2n) is 6.94. The first-order valence-corrected chi connectivity index (χ1v) is 10.8. The molecule has 0 saturated heterocycles. The SMILES string of the molecule is C=C(C(=O)OCCCCCCCCCCOC(=O)C(C)C(=O)OCC)C(O)OCC. The first-order chi connectivity index (χ1) is 14.3. The summed E-state index contributed by atoms with van der Waals surface area (Å²) in [6, 6.07) is 0. The van der Waals surface area contributed by atoms with E-state index < -0.39 is 30.1 Å². The predicted octanol–water partition coefficient (Wildman–Crippen LogP) is 3.30. The second kappa shape index (κ2) is 17.9. The van der Waals surface area contributed by atoms with Crippen LogP contribution < -0.4 is 0 Å². The lowest BCUT2D eigenvalue weighted by Gasteiger charge is -2.12. The van der Waals surface area contributed by atoms with Crippen LogP contribution in [0.3, 0.4) is 0 Å². The molecule has 0 heterocycles. The maximum absolute atomic E-state index is 11.7. The number of carbonyl (C=O) groups is 3. The van der Waals surface area contributed by atoms with E-state index in [4.69, 9.17) is 18.9 Å². The van der Waals surface area contributed by atoms with E-state index >= 15 is 0 Å². The zero-order valence-electron chi connectivity index (χ0n) is 18.7. The highest BCUT2D eigenvalue weighted by atomic mass is 16.6. The summed E-state index contributed by atoms with van der Waals surface area (Å²) in [5, 5.41) is 9.49. The average molecular weight is 431 g/mol. The van der Waals surface area contributed by atoms with Gasteiger partial charge in [-0.15, -0.1) is 0 Å². The normalized spacial score (nSPS) is 12.7. The molecule has 8 nitrogen and oxygen atoms in total. The van der Waals surface area contributed by atoms with Crippen LogP contribution >= 0.6 is 0 Å². The smallest absolute Gasteiger partial charge is 0.338 e. The molecule has 174 valence electrons. The van der Waals surface area contributed by atoms with Gasteiger partial charge in [0.25, 0.3) is 0 Å². The molecule has 0 bridgehead atoms. The molecule has 0 aliphatic carbocycles. The van der Waals surface area contributed by atoms with Crippen molar-refractivity contribution in [2.45, 2.75) is 78.4 Å². The lowest BCUT2D eigenvalue weighted by atomic mass is 10.1. The van der Waals surface area contributed by atoms with Crippen molar-refractivity contribution in [1.82, 2.24) is 0 Å². The molecule has 1 N–H and O–H groups in total. The molecule has 30 heavy (non-hydrogen) atoms. The zero-order valence-corrected chi connectivity index (χ0v) is 18.7. The number of unbranched alkanes of at least 4 members (excludes halogenated alkanes) is 7. The molecular formula is C22H38O8. The Labute approximate surface area is 179 Å². The number of hydrogen-bond acceptors (Lipinski definition) is 8. The van der Waals surface area contributed by atoms with E-state index in [9.17, 15) is 19.5 Å². The highest BCUT2D eigenvalue weighted by molar-refractivity contribution is 5.94. The van der Waals surface area contributed by atoms with Crippen molar-refractivity contribution >= 4 is 17.9 Å². The lowest BCUT2D eigenvalue weighted by Crippen LogP contribution is -2.25. The van der Waals surface area contributed by atoms with Gasteiger partial charge in [-0.25, -0.2) is 4.79 Å². The van der Waals surface area contributed by atoms with Gasteiger partial charge < -0.3 is 24.1 Å². The van der Waals surface area contributed by atoms with Crippen LogP contribution in [-0.4, -0.2) is 55.7 Å². The third-order valence-corrected chi connectivity index (χ3v) is 4.39. The van der Waals surface area contributed by atoms with Crippen molar-refractivity contribution in [2.24, 2.45) is 5.92 Å². The first-order valence-electron chi connectivity index (χ1n) is 10.8. The van der Waals surface area contributed by atoms with Gasteiger partial charge in [-0.05, 0) is 33.6 Å². The van der Waals surface area contributed by atoms with E-state index in [1.165, 1.54) is 6.92 Å². The van der Waals surface area contributed by atoms with Gasteiger partial charge in [0.05, 0.1) is 25.4 Å². The van der Waals surface area contributed by atoms with E-state index in [2.05, 4.69) is 6.58 Å². The maximum atomic E-state index is 11.7. The number of aliphatic hydroxyl groups excluding tert-OH is 1. The van der Waals surface area contributed by atoms with Gasteiger partial charge >= 0.3 is 17.9 Å². The standard InChI is InChI=1S/C22H38O8/c1-5-27-19(23)17(3)21(25)29-15-13-11-9-7-8-10-12-14-16-30-22(26)18(4)20(24)28-6-2/h18-19,23H,3,5-16H2,1-2,4H3. The molecule has 0 aromatic heterocycles. The molecule has 0 aliphatic rings. The van der Waals surface area contributed by atoms with Crippen molar-refractivity contribution in [3.8, 4) is 0 Å². The van der Waals surface area contributed by atoms with Gasteiger partial charge in [-0.3, -0.25) is 9.59 Å². The molecule has 2 unspecified atom stereocenters. The Bertz CT molecular complexity index is 517. The van der Waals surface area contributed by atoms with Gasteiger partial charge in [0, 0.05) is 6.61 Å². The molecular weight excluding hydrogens is 392 g/mol. The maximum Gasteiger partial charge on any atom is 0.338 e. The van der Waals surface area contributed by atoms with Crippen molar-refractivity contribution in [3.63, 3.8) is 0 Å². The van der Waals surface area contributed by atoms with Gasteiger partial charge in [0.1, 0.15) is 0 Å². The van der Waals surface area contributed by atoms with Crippen LogP contribution in [-0.2, 0) is 33.3 Å². The molecule has 0 saturated carbocycles. The molecule has 0 radical (unpaired) electrons. The number of carbonyl (C=O) groups excluding carboxylic acids is 3. The van der Waals surface area contributed by atoms with Crippen LogP contribution in [0.4, 0.5) is 0 Å². The van der Waals surface area contributed by atoms with Crippen LogP contribution in [0.15, 0.2) is 12.2 Å². The quantitative estimate of drug-likeness (QED) is 0.0881. The van der Waals surface area contributed by atoms with Gasteiger partial charge in [0.15, 0.2) is 12.2 Å². The number of hydrogen-bond donors (Lipinski definition) is 1. The Kier molecular flexibility index (Phi) is 16.7. The highest BCUT2D eigenvalue weighted by Gasteiger charge is 2.23. The summed E-state index contributed by atoms with van der Waals surface area (Å²) >= 11 is 0. The Balaban J connectivity index is 3.52. The summed E-state index contributed by atoms with van der Waals surface area (Å²) in [6.45, 7) is 9.52. The summed E-state index contributed by atoms with van der Waals surface area (Å²) in [4.78, 5) is 34.8. The molecule has 0 aromatic rings. The second-order valence-corrected chi connectivity index (χ2v) is 6.94. The Morgan fingerprint density at radius 3 is 1.73 bits per heavy atom. The third-order valence-electron chi connectivity index (χ3n) is 4.39. The van der Waals surface area contributed by atoms with E-state index in [1.54, 1.807) is 13.8 Å². The highest BCUT2D eigenvalue weighted by Crippen LogP contribution is 2.10. The number of ether oxygens (including phenoxy) is 4. The summed E-state index contributed by atoms with van der Waals surface area (Å²) in [6.07, 6.45) is 6.41. The zero-order chi connectivity index (χ0) is 22.8. The predicted molar refractivity (Wildman–Crippen MR) is 111 cm³/mol. The van der Waals surface area contributed by atoms with Crippen LogP contribution in [0, 0.1) is 5.92 Å². The average Bonchev–Trinajstić information content (AvgIpc) is 2.73. The number of esters is 3. The van der Waals surface area contributed by atoms with Crippen LogP contribution in [0.25, 0.3) is 0 Å². The van der Waals surface area contributed by atoms with Crippen molar-refractivity contribution < 1.29 is 38.4 Å². The largest absolute Gasteiger partial charge is 0.465 e. The van der Waals surface area contributed by atoms with Crippen molar-refractivity contribution in [2.75, 3.05) is 26.4 Å². The van der Waals surface area contributed by atoms with Crippen LogP contribution in [0.1, 0.15) is 72.1 Å². The van der Waals surface area contributed by atoms with Gasteiger partial charge in [-0.2, -0.15) is 0 Å². The van der Waals surface area contributed by atoms with E-state index in [-0.39, 0.29) is 18.8 Å². The van der Waals surface area contributed by atoms with Crippen molar-refractivity contribution in [3.05, 3.63) is 12.2 Å². The van der Waals surface area contributed by atoms with E-state index in [0.717, 1.165) is 51.4 Å². The Hall–Kier alpha value is -1.93. The lowest BCUT2D eigenvalue weighted by molar-refractivity contribution is -0.161. The monoisotopic (exact) mass is 430 g/mol. The van der Waals surface area contributed by atoms with Gasteiger partial charge in [-0.1, -0.05) is 45.1 Å². The molecule has 0 fully saturated rings. The topological polar surface area (TPSA) is 108 Å². The summed E-state index contributed by atoms with van der Waals surface area (Å²) < 4.78 is 19.8. The number of aliphatic hydroxyl groups is 1. The minimum atomic E-state index is -1.31. The van der Waals surface area contributed by atoms with Crippen molar-refractivity contribution in [1.29, 1.82) is 0 Å². The Morgan fingerprint density at radius 2 is 1.23 bits per heavy atom. The molecule has 0 aliphatic heterocycles. The minimum absolute atomic E-state index is 0.0853. The molecule has 2 atom stereocenters. The molecule has 0 spiro atoms.